The minimum Gasteiger partial charge on any atom is -0.333 e. The van der Waals surface area contributed by atoms with Gasteiger partial charge in [0.05, 0.1) is 11.7 Å². The summed E-state index contributed by atoms with van der Waals surface area (Å²) in [6, 6.07) is 5.56. The van der Waals surface area contributed by atoms with Gasteiger partial charge in [-0.05, 0) is 37.0 Å². The molecule has 1 N–H and O–H groups in total. The molecular weight excluding hydrogens is 247 g/mol. The Balaban J connectivity index is 2.13. The highest BCUT2D eigenvalue weighted by Crippen LogP contribution is 2.24. The largest absolute Gasteiger partial charge is 0.333 e. The molecule has 0 aromatic heterocycles. The van der Waals surface area contributed by atoms with Crippen LogP contribution in [0.15, 0.2) is 23.2 Å². The minimum atomic E-state index is -0.218. The zero-order valence-electron chi connectivity index (χ0n) is 11.0. The number of aryl methyl sites for hydroxylation is 1. The molecule has 0 aliphatic carbocycles. The number of amidine groups is 1. The molecule has 0 amide bonds. The predicted molar refractivity (Wildman–Crippen MR) is 77.9 cm³/mol. The number of nitrogens with one attached hydrogen (secondary N) is 1. The summed E-state index contributed by atoms with van der Waals surface area (Å²) in [5.41, 5.74) is 1.44. The van der Waals surface area contributed by atoms with Crippen LogP contribution in [0.25, 0.3) is 0 Å². The van der Waals surface area contributed by atoms with Gasteiger partial charge in [0.2, 0.25) is 0 Å². The van der Waals surface area contributed by atoms with Gasteiger partial charge in [0.25, 0.3) is 0 Å². The van der Waals surface area contributed by atoms with Crippen LogP contribution in [0.5, 0.6) is 0 Å². The summed E-state index contributed by atoms with van der Waals surface area (Å²) in [6.45, 7) is 6.23. The van der Waals surface area contributed by atoms with E-state index in [0.29, 0.717) is 17.6 Å². The van der Waals surface area contributed by atoms with Crippen molar-refractivity contribution in [2.24, 2.45) is 10.9 Å². The molecule has 1 aliphatic rings. The summed E-state index contributed by atoms with van der Waals surface area (Å²) >= 11 is 1.66. The molecule has 2 rings (SSSR count). The van der Waals surface area contributed by atoms with E-state index in [9.17, 15) is 4.39 Å². The maximum absolute atomic E-state index is 13.7. The Morgan fingerprint density at radius 3 is 2.89 bits per heavy atom. The van der Waals surface area contributed by atoms with E-state index in [1.54, 1.807) is 17.8 Å². The highest BCUT2D eigenvalue weighted by atomic mass is 32.2. The fraction of sp³-hybridized carbons (Fsp3) is 0.500. The number of aliphatic imine (C=N–C) groups is 1. The second-order valence-electron chi connectivity index (χ2n) is 4.99. The molecule has 1 aromatic carbocycles. The van der Waals surface area contributed by atoms with Crippen molar-refractivity contribution < 1.29 is 4.39 Å². The summed E-state index contributed by atoms with van der Waals surface area (Å²) in [5, 5.41) is 3.94. The number of nitrogens with zero attached hydrogens (tertiary/aromatic N) is 1. The summed E-state index contributed by atoms with van der Waals surface area (Å²) in [4.78, 5) is 4.64. The second-order valence-corrected chi connectivity index (χ2v) is 6.07. The van der Waals surface area contributed by atoms with Crippen molar-refractivity contribution in [2.75, 3.05) is 11.1 Å². The minimum absolute atomic E-state index is 0.218. The normalized spacial score (nSPS) is 19.8. The van der Waals surface area contributed by atoms with E-state index in [4.69, 9.17) is 0 Å². The van der Waals surface area contributed by atoms with Crippen LogP contribution < -0.4 is 5.32 Å². The van der Waals surface area contributed by atoms with Gasteiger partial charge in [-0.1, -0.05) is 31.7 Å². The summed E-state index contributed by atoms with van der Waals surface area (Å²) in [6.07, 6.45) is 1.10. The maximum Gasteiger partial charge on any atom is 0.161 e. The van der Waals surface area contributed by atoms with Crippen LogP contribution in [0.4, 0.5) is 10.1 Å². The SMILES string of the molecule is Cc1ccc(NC2=NC(C(C)C)CCS2)c(F)c1. The first kappa shape index (κ1) is 13.4. The van der Waals surface area contributed by atoms with Gasteiger partial charge >= 0.3 is 0 Å². The first-order valence-corrected chi connectivity index (χ1v) is 7.28. The summed E-state index contributed by atoms with van der Waals surface area (Å²) in [5.74, 6) is 1.36. The Morgan fingerprint density at radius 2 is 2.22 bits per heavy atom. The van der Waals surface area contributed by atoms with E-state index in [-0.39, 0.29) is 5.82 Å². The predicted octanol–water partition coefficient (Wildman–Crippen LogP) is 4.06. The van der Waals surface area contributed by atoms with E-state index in [0.717, 1.165) is 22.9 Å². The lowest BCUT2D eigenvalue weighted by atomic mass is 10.0. The number of thioether (sulfide) groups is 1. The van der Waals surface area contributed by atoms with Crippen LogP contribution in [0.3, 0.4) is 0 Å². The molecule has 0 radical (unpaired) electrons. The number of halogens is 1. The molecule has 1 heterocycles. The van der Waals surface area contributed by atoms with Crippen LogP contribution in [-0.4, -0.2) is 17.0 Å². The molecule has 0 saturated heterocycles. The molecule has 4 heteroatoms. The zero-order valence-corrected chi connectivity index (χ0v) is 11.9. The molecule has 2 nitrogen and oxygen atoms in total. The van der Waals surface area contributed by atoms with Crippen LogP contribution in [0.1, 0.15) is 25.8 Å². The smallest absolute Gasteiger partial charge is 0.161 e. The number of rotatable bonds is 2. The third-order valence-corrected chi connectivity index (χ3v) is 3.99. The Bertz CT molecular complexity index is 457. The summed E-state index contributed by atoms with van der Waals surface area (Å²) in [7, 11) is 0. The Labute approximate surface area is 112 Å². The molecule has 0 fully saturated rings. The van der Waals surface area contributed by atoms with Crippen LogP contribution in [-0.2, 0) is 0 Å². The molecule has 1 atom stereocenters. The molecule has 0 bridgehead atoms. The molecular formula is C14H19FN2S. The monoisotopic (exact) mass is 266 g/mol. The lowest BCUT2D eigenvalue weighted by Gasteiger charge is -2.23. The van der Waals surface area contributed by atoms with Crippen molar-refractivity contribution in [3.05, 3.63) is 29.6 Å². The third-order valence-electron chi connectivity index (χ3n) is 3.07. The highest BCUT2D eigenvalue weighted by molar-refractivity contribution is 8.14. The van der Waals surface area contributed by atoms with E-state index in [2.05, 4.69) is 24.2 Å². The molecule has 98 valence electrons. The molecule has 0 saturated carbocycles. The molecule has 0 spiro atoms. The van der Waals surface area contributed by atoms with E-state index >= 15 is 0 Å². The molecule has 1 aliphatic heterocycles. The summed E-state index contributed by atoms with van der Waals surface area (Å²) < 4.78 is 13.7. The molecule has 1 unspecified atom stereocenters. The van der Waals surface area contributed by atoms with Crippen molar-refractivity contribution in [1.29, 1.82) is 0 Å². The third kappa shape index (κ3) is 3.25. The number of anilines is 1. The van der Waals surface area contributed by atoms with Crippen LogP contribution in [0.2, 0.25) is 0 Å². The van der Waals surface area contributed by atoms with Gasteiger partial charge in [-0.3, -0.25) is 4.99 Å². The van der Waals surface area contributed by atoms with Gasteiger partial charge in [0, 0.05) is 5.75 Å². The quantitative estimate of drug-likeness (QED) is 0.873. The van der Waals surface area contributed by atoms with Crippen LogP contribution in [0, 0.1) is 18.7 Å². The first-order valence-electron chi connectivity index (χ1n) is 6.30. The first-order chi connectivity index (χ1) is 8.56. The molecule has 1 aromatic rings. The Hall–Kier alpha value is -1.03. The standard InChI is InChI=1S/C14H19FN2S/c1-9(2)12-6-7-18-14(16-12)17-13-5-4-10(3)8-11(13)15/h4-5,8-9,12H,6-7H2,1-3H3,(H,16,17). The number of benzene rings is 1. The van der Waals surface area contributed by atoms with E-state index in [1.807, 2.05) is 13.0 Å². The molecule has 18 heavy (non-hydrogen) atoms. The fourth-order valence-electron chi connectivity index (χ4n) is 1.92. The highest BCUT2D eigenvalue weighted by Gasteiger charge is 2.19. The van der Waals surface area contributed by atoms with Gasteiger partial charge in [-0.25, -0.2) is 4.39 Å². The van der Waals surface area contributed by atoms with Crippen molar-refractivity contribution in [1.82, 2.24) is 0 Å². The van der Waals surface area contributed by atoms with Crippen LogP contribution >= 0.6 is 11.8 Å². The fourth-order valence-corrected chi connectivity index (χ4v) is 2.86. The van der Waals surface area contributed by atoms with Gasteiger partial charge < -0.3 is 5.32 Å². The van der Waals surface area contributed by atoms with Gasteiger partial charge in [-0.2, -0.15) is 0 Å². The van der Waals surface area contributed by atoms with Crippen molar-refractivity contribution in [3.63, 3.8) is 0 Å². The lowest BCUT2D eigenvalue weighted by Crippen LogP contribution is -2.24. The Morgan fingerprint density at radius 1 is 1.44 bits per heavy atom. The van der Waals surface area contributed by atoms with Gasteiger partial charge in [0.1, 0.15) is 5.82 Å². The zero-order chi connectivity index (χ0) is 13.1. The lowest BCUT2D eigenvalue weighted by molar-refractivity contribution is 0.485. The van der Waals surface area contributed by atoms with Crippen molar-refractivity contribution in [3.8, 4) is 0 Å². The van der Waals surface area contributed by atoms with Crippen molar-refractivity contribution in [2.45, 2.75) is 33.2 Å². The average Bonchev–Trinajstić information content (AvgIpc) is 2.33. The van der Waals surface area contributed by atoms with Gasteiger partial charge in [-0.15, -0.1) is 0 Å². The second kappa shape index (κ2) is 5.74. The topological polar surface area (TPSA) is 24.4 Å². The van der Waals surface area contributed by atoms with E-state index < -0.39 is 0 Å². The Kier molecular flexibility index (Phi) is 4.27. The number of hydrogen-bond donors (Lipinski definition) is 1. The maximum atomic E-state index is 13.7. The number of hydrogen-bond acceptors (Lipinski definition) is 3. The van der Waals surface area contributed by atoms with Crippen molar-refractivity contribution >= 4 is 22.6 Å². The average molecular weight is 266 g/mol. The van der Waals surface area contributed by atoms with Gasteiger partial charge in [0.15, 0.2) is 5.17 Å². The van der Waals surface area contributed by atoms with E-state index in [1.165, 1.54) is 6.07 Å².